The number of amides is 2. The molecule has 0 atom stereocenters. The number of hydrogen-bond acceptors (Lipinski definition) is 5. The summed E-state index contributed by atoms with van der Waals surface area (Å²) in [6.45, 7) is 3.97. The zero-order valence-corrected chi connectivity index (χ0v) is 13.8. The highest BCUT2D eigenvalue weighted by atomic mass is 16.2. The monoisotopic (exact) mass is 327 g/mol. The molecule has 0 fully saturated rings. The Balaban J connectivity index is 1.67. The van der Waals surface area contributed by atoms with E-state index in [2.05, 4.69) is 26.1 Å². The molecule has 24 heavy (non-hydrogen) atoms. The van der Waals surface area contributed by atoms with Crippen LogP contribution in [0.2, 0.25) is 0 Å². The maximum absolute atomic E-state index is 11.8. The zero-order valence-electron chi connectivity index (χ0n) is 13.8. The van der Waals surface area contributed by atoms with Gasteiger partial charge >= 0.3 is 0 Å². The molecule has 0 saturated heterocycles. The summed E-state index contributed by atoms with van der Waals surface area (Å²) in [5, 5.41) is 2.72. The van der Waals surface area contributed by atoms with E-state index < -0.39 is 0 Å². The Morgan fingerprint density at radius 3 is 2.33 bits per heavy atom. The molecule has 2 amide bonds. The number of carbonyl (C=O) groups is 2. The number of rotatable bonds is 7. The van der Waals surface area contributed by atoms with Gasteiger partial charge in [0.25, 0.3) is 0 Å². The molecule has 7 nitrogen and oxygen atoms in total. The van der Waals surface area contributed by atoms with E-state index in [1.165, 1.54) is 0 Å². The molecule has 0 aliphatic carbocycles. The minimum atomic E-state index is -0.252. The van der Waals surface area contributed by atoms with Crippen molar-refractivity contribution in [1.29, 1.82) is 0 Å². The van der Waals surface area contributed by atoms with Crippen molar-refractivity contribution in [1.82, 2.24) is 20.7 Å². The smallest absolute Gasteiger partial charge is 0.242 e. The summed E-state index contributed by atoms with van der Waals surface area (Å²) in [5.41, 5.74) is 7.74. The fraction of sp³-hybridized carbons (Fsp3) is 0.294. The molecular weight excluding hydrogens is 306 g/mol. The lowest BCUT2D eigenvalue weighted by Gasteiger charge is -2.09. The normalized spacial score (nSPS) is 10.1. The average molecular weight is 327 g/mol. The van der Waals surface area contributed by atoms with Crippen LogP contribution in [0.5, 0.6) is 0 Å². The van der Waals surface area contributed by atoms with Crippen molar-refractivity contribution >= 4 is 17.8 Å². The van der Waals surface area contributed by atoms with Gasteiger partial charge < -0.3 is 5.32 Å². The summed E-state index contributed by atoms with van der Waals surface area (Å²) in [7, 11) is 0. The predicted molar refractivity (Wildman–Crippen MR) is 91.0 cm³/mol. The topological polar surface area (TPSA) is 96.0 Å². The van der Waals surface area contributed by atoms with Gasteiger partial charge in [0.1, 0.15) is 0 Å². The quantitative estimate of drug-likeness (QED) is 0.666. The third-order valence-electron chi connectivity index (χ3n) is 3.18. The van der Waals surface area contributed by atoms with Crippen LogP contribution in [0.15, 0.2) is 36.4 Å². The first-order valence-electron chi connectivity index (χ1n) is 7.70. The molecule has 0 radical (unpaired) electrons. The minimum Gasteiger partial charge on any atom is -0.355 e. The number of carbonyl (C=O) groups excluding carboxylic acids is 2. The lowest BCUT2D eigenvalue weighted by molar-refractivity contribution is -0.121. The van der Waals surface area contributed by atoms with E-state index in [1.54, 1.807) is 0 Å². The molecule has 0 aliphatic heterocycles. The van der Waals surface area contributed by atoms with Crippen molar-refractivity contribution < 1.29 is 9.59 Å². The van der Waals surface area contributed by atoms with Gasteiger partial charge in [-0.05, 0) is 25.5 Å². The van der Waals surface area contributed by atoms with Crippen LogP contribution in [0.3, 0.4) is 0 Å². The summed E-state index contributed by atoms with van der Waals surface area (Å²) < 4.78 is 0. The zero-order chi connectivity index (χ0) is 17.4. The number of aryl methyl sites for hydroxylation is 2. The van der Waals surface area contributed by atoms with Gasteiger partial charge in [-0.1, -0.05) is 30.3 Å². The van der Waals surface area contributed by atoms with Crippen LogP contribution >= 0.6 is 0 Å². The van der Waals surface area contributed by atoms with Crippen LogP contribution in [-0.4, -0.2) is 28.3 Å². The Hall–Kier alpha value is -2.96. The van der Waals surface area contributed by atoms with Gasteiger partial charge in [-0.3, -0.25) is 20.4 Å². The summed E-state index contributed by atoms with van der Waals surface area (Å²) in [6.07, 6.45) is 0.468. The first-order valence-corrected chi connectivity index (χ1v) is 7.70. The summed E-state index contributed by atoms with van der Waals surface area (Å²) in [6, 6.07) is 11.3. The number of anilines is 1. The van der Waals surface area contributed by atoms with Crippen LogP contribution in [0.25, 0.3) is 0 Å². The summed E-state index contributed by atoms with van der Waals surface area (Å²) >= 11 is 0. The van der Waals surface area contributed by atoms with E-state index >= 15 is 0 Å². The molecule has 2 aromatic rings. The second-order valence-electron chi connectivity index (χ2n) is 5.41. The maximum atomic E-state index is 11.8. The number of nitrogens with one attached hydrogen (secondary N) is 3. The minimum absolute atomic E-state index is 0.111. The number of nitrogens with zero attached hydrogens (tertiary/aromatic N) is 2. The molecule has 0 aliphatic rings. The fourth-order valence-corrected chi connectivity index (χ4v) is 2.13. The highest BCUT2D eigenvalue weighted by molar-refractivity contribution is 5.80. The summed E-state index contributed by atoms with van der Waals surface area (Å²) in [4.78, 5) is 31.8. The molecule has 1 heterocycles. The number of hydrazine groups is 1. The SMILES string of the molecule is Cc1cc(C)nc(NNC(=O)CCNC(=O)Cc2ccccc2)n1. The summed E-state index contributed by atoms with van der Waals surface area (Å²) in [5.74, 6) is -0.0219. The highest BCUT2D eigenvalue weighted by Gasteiger charge is 2.06. The van der Waals surface area contributed by atoms with Crippen LogP contribution in [-0.2, 0) is 16.0 Å². The standard InChI is InChI=1S/C17H21N5O2/c1-12-10-13(2)20-17(19-12)22-21-15(23)8-9-18-16(24)11-14-6-4-3-5-7-14/h3-7,10H,8-9,11H2,1-2H3,(H,18,24)(H,21,23)(H,19,20,22). The highest BCUT2D eigenvalue weighted by Crippen LogP contribution is 2.02. The lowest BCUT2D eigenvalue weighted by Crippen LogP contribution is -2.34. The molecule has 1 aromatic heterocycles. The van der Waals surface area contributed by atoms with Crippen molar-refractivity contribution in [3.63, 3.8) is 0 Å². The Kier molecular flexibility index (Phi) is 6.24. The van der Waals surface area contributed by atoms with Gasteiger partial charge in [-0.2, -0.15) is 0 Å². The number of hydrogen-bond donors (Lipinski definition) is 3. The Morgan fingerprint density at radius 1 is 1.00 bits per heavy atom. The molecule has 0 bridgehead atoms. The van der Waals surface area contributed by atoms with Crippen molar-refractivity contribution in [3.8, 4) is 0 Å². The van der Waals surface area contributed by atoms with Crippen molar-refractivity contribution in [2.75, 3.05) is 12.0 Å². The van der Waals surface area contributed by atoms with E-state index in [9.17, 15) is 9.59 Å². The van der Waals surface area contributed by atoms with E-state index in [4.69, 9.17) is 0 Å². The fourth-order valence-electron chi connectivity index (χ4n) is 2.13. The van der Waals surface area contributed by atoms with Crippen LogP contribution in [0.4, 0.5) is 5.95 Å². The van der Waals surface area contributed by atoms with Crippen molar-refractivity contribution in [3.05, 3.63) is 53.3 Å². The van der Waals surface area contributed by atoms with Crippen LogP contribution in [0, 0.1) is 13.8 Å². The number of aromatic nitrogens is 2. The predicted octanol–water partition coefficient (Wildman–Crippen LogP) is 1.29. The van der Waals surface area contributed by atoms with Crippen molar-refractivity contribution in [2.45, 2.75) is 26.7 Å². The van der Waals surface area contributed by atoms with Gasteiger partial charge in [0, 0.05) is 24.4 Å². The van der Waals surface area contributed by atoms with E-state index in [0.29, 0.717) is 12.4 Å². The van der Waals surface area contributed by atoms with Crippen molar-refractivity contribution in [2.24, 2.45) is 0 Å². The largest absolute Gasteiger partial charge is 0.355 e. The van der Waals surface area contributed by atoms with E-state index in [0.717, 1.165) is 17.0 Å². The molecule has 3 N–H and O–H groups in total. The molecule has 2 rings (SSSR count). The molecular formula is C17H21N5O2. The van der Waals surface area contributed by atoms with E-state index in [-0.39, 0.29) is 24.8 Å². The van der Waals surface area contributed by atoms with Gasteiger partial charge in [-0.25, -0.2) is 9.97 Å². The maximum Gasteiger partial charge on any atom is 0.242 e. The van der Waals surface area contributed by atoms with Gasteiger partial charge in [0.2, 0.25) is 17.8 Å². The third kappa shape index (κ3) is 6.04. The van der Waals surface area contributed by atoms with Crippen LogP contribution in [0.1, 0.15) is 23.4 Å². The Labute approximate surface area is 140 Å². The average Bonchev–Trinajstić information content (AvgIpc) is 2.53. The molecule has 0 saturated carbocycles. The van der Waals surface area contributed by atoms with Gasteiger partial charge in [0.05, 0.1) is 6.42 Å². The molecule has 126 valence electrons. The second kappa shape index (κ2) is 8.61. The molecule has 0 spiro atoms. The van der Waals surface area contributed by atoms with E-state index in [1.807, 2.05) is 50.2 Å². The van der Waals surface area contributed by atoms with Gasteiger partial charge in [-0.15, -0.1) is 0 Å². The number of benzene rings is 1. The molecule has 0 unspecified atom stereocenters. The second-order valence-corrected chi connectivity index (χ2v) is 5.41. The first kappa shape index (κ1) is 17.4. The molecule has 7 heteroatoms. The third-order valence-corrected chi connectivity index (χ3v) is 3.18. The molecule has 1 aromatic carbocycles. The van der Waals surface area contributed by atoms with Gasteiger partial charge in [0.15, 0.2) is 0 Å². The van der Waals surface area contributed by atoms with Crippen LogP contribution < -0.4 is 16.2 Å². The Morgan fingerprint density at radius 2 is 1.67 bits per heavy atom. The lowest BCUT2D eigenvalue weighted by atomic mass is 10.1. The first-order chi connectivity index (χ1) is 11.5. The Bertz CT molecular complexity index is 683.